The number of ether oxygens (including phenoxy) is 1. The Morgan fingerprint density at radius 1 is 1.24 bits per heavy atom. The molecule has 0 bridgehead atoms. The fourth-order valence-corrected chi connectivity index (χ4v) is 3.22. The average Bonchev–Trinajstić information content (AvgIpc) is 2.96. The van der Waals surface area contributed by atoms with Gasteiger partial charge in [0.25, 0.3) is 0 Å². The third-order valence-corrected chi connectivity index (χ3v) is 4.54. The highest BCUT2D eigenvalue weighted by atomic mass is 32.2. The van der Waals surface area contributed by atoms with Crippen LogP contribution < -0.4 is 10.6 Å². The predicted molar refractivity (Wildman–Crippen MR) is 86.9 cm³/mol. The highest BCUT2D eigenvalue weighted by molar-refractivity contribution is 8.00. The molecule has 1 aliphatic rings. The Labute approximate surface area is 131 Å². The monoisotopic (exact) mass is 308 g/mol. The number of fused-ring (bicyclic) bond motifs is 1. The smallest absolute Gasteiger partial charge is 0.230 e. The summed E-state index contributed by atoms with van der Waals surface area (Å²) in [7, 11) is 1.68. The summed E-state index contributed by atoms with van der Waals surface area (Å²) in [4.78, 5) is 13.0. The van der Waals surface area contributed by atoms with Crippen LogP contribution in [0.1, 0.15) is 17.5 Å². The van der Waals surface area contributed by atoms with Crippen molar-refractivity contribution in [1.29, 1.82) is 0 Å². The van der Waals surface area contributed by atoms with Crippen molar-refractivity contribution < 1.29 is 9.53 Å². The summed E-state index contributed by atoms with van der Waals surface area (Å²) < 4.78 is 4.94. The third-order valence-electron chi connectivity index (χ3n) is 3.55. The Hall–Kier alpha value is -1.04. The molecule has 4 nitrogen and oxygen atoms in total. The minimum absolute atomic E-state index is 0.0917. The van der Waals surface area contributed by atoms with Gasteiger partial charge in [0.1, 0.15) is 0 Å². The molecule has 1 aliphatic carbocycles. The summed E-state index contributed by atoms with van der Waals surface area (Å²) in [6, 6.07) is 6.59. The van der Waals surface area contributed by atoms with Crippen LogP contribution in [-0.2, 0) is 22.4 Å². The molecule has 5 heteroatoms. The van der Waals surface area contributed by atoms with Crippen molar-refractivity contribution >= 4 is 17.7 Å². The Bertz CT molecular complexity index is 466. The average molecular weight is 308 g/mol. The summed E-state index contributed by atoms with van der Waals surface area (Å²) in [6.07, 6.45) is 3.65. The van der Waals surface area contributed by atoms with Crippen LogP contribution in [0.25, 0.3) is 0 Å². The molecule has 0 spiro atoms. The van der Waals surface area contributed by atoms with Crippen molar-refractivity contribution in [2.75, 3.05) is 39.1 Å². The first-order valence-corrected chi connectivity index (χ1v) is 8.49. The van der Waals surface area contributed by atoms with Gasteiger partial charge in [0, 0.05) is 31.6 Å². The maximum absolute atomic E-state index is 11.8. The van der Waals surface area contributed by atoms with E-state index < -0.39 is 0 Å². The minimum Gasteiger partial charge on any atom is -0.383 e. The van der Waals surface area contributed by atoms with Crippen LogP contribution >= 0.6 is 11.8 Å². The van der Waals surface area contributed by atoms with Crippen LogP contribution in [0.3, 0.4) is 0 Å². The van der Waals surface area contributed by atoms with Crippen molar-refractivity contribution in [3.8, 4) is 0 Å². The first-order valence-electron chi connectivity index (χ1n) is 7.50. The number of methoxy groups -OCH3 is 1. The first-order chi connectivity index (χ1) is 10.3. The van der Waals surface area contributed by atoms with E-state index in [2.05, 4.69) is 28.8 Å². The lowest BCUT2D eigenvalue weighted by Gasteiger charge is -2.07. The molecule has 21 heavy (non-hydrogen) atoms. The molecule has 0 atom stereocenters. The molecule has 2 N–H and O–H groups in total. The van der Waals surface area contributed by atoms with Crippen molar-refractivity contribution in [1.82, 2.24) is 10.6 Å². The number of carbonyl (C=O) groups excluding carboxylic acids is 1. The van der Waals surface area contributed by atoms with Crippen LogP contribution in [-0.4, -0.2) is 45.0 Å². The highest BCUT2D eigenvalue weighted by Crippen LogP contribution is 2.27. The van der Waals surface area contributed by atoms with Crippen LogP contribution in [0.15, 0.2) is 23.1 Å². The Morgan fingerprint density at radius 3 is 2.95 bits per heavy atom. The fourth-order valence-electron chi connectivity index (χ4n) is 2.43. The Balaban J connectivity index is 1.60. The van der Waals surface area contributed by atoms with Gasteiger partial charge >= 0.3 is 0 Å². The van der Waals surface area contributed by atoms with Gasteiger partial charge in [0.15, 0.2) is 0 Å². The first kappa shape index (κ1) is 16.3. The molecule has 0 heterocycles. The Kier molecular flexibility index (Phi) is 7.06. The number of carbonyl (C=O) groups is 1. The number of hydrogen-bond acceptors (Lipinski definition) is 4. The molecule has 0 saturated heterocycles. The van der Waals surface area contributed by atoms with Crippen molar-refractivity contribution in [3.63, 3.8) is 0 Å². The van der Waals surface area contributed by atoms with Gasteiger partial charge in [-0.25, -0.2) is 0 Å². The number of nitrogens with one attached hydrogen (secondary N) is 2. The van der Waals surface area contributed by atoms with Gasteiger partial charge in [-0.2, -0.15) is 0 Å². The predicted octanol–water partition coefficient (Wildman–Crippen LogP) is 1.62. The van der Waals surface area contributed by atoms with E-state index in [9.17, 15) is 4.79 Å². The second kappa shape index (κ2) is 9.07. The largest absolute Gasteiger partial charge is 0.383 e. The summed E-state index contributed by atoms with van der Waals surface area (Å²) in [5.74, 6) is 0.575. The van der Waals surface area contributed by atoms with Gasteiger partial charge in [-0.3, -0.25) is 4.79 Å². The van der Waals surface area contributed by atoms with E-state index in [1.54, 1.807) is 18.9 Å². The molecule has 0 unspecified atom stereocenters. The zero-order valence-electron chi connectivity index (χ0n) is 12.6. The Morgan fingerprint density at radius 2 is 2.10 bits per heavy atom. The topological polar surface area (TPSA) is 50.4 Å². The van der Waals surface area contributed by atoms with Gasteiger partial charge in [-0.1, -0.05) is 6.07 Å². The van der Waals surface area contributed by atoms with E-state index in [1.165, 1.54) is 35.3 Å². The fraction of sp³-hybridized carbons (Fsp3) is 0.562. The molecule has 1 aromatic rings. The molecule has 1 amide bonds. The normalized spacial score (nSPS) is 13.2. The van der Waals surface area contributed by atoms with Gasteiger partial charge < -0.3 is 15.4 Å². The molecule has 2 rings (SSSR count). The van der Waals surface area contributed by atoms with Crippen LogP contribution in [0.5, 0.6) is 0 Å². The van der Waals surface area contributed by atoms with E-state index in [4.69, 9.17) is 4.74 Å². The molecule has 0 saturated carbocycles. The van der Waals surface area contributed by atoms with Crippen molar-refractivity contribution in [2.24, 2.45) is 0 Å². The van der Waals surface area contributed by atoms with Gasteiger partial charge in [-0.05, 0) is 42.5 Å². The molecular weight excluding hydrogens is 284 g/mol. The molecule has 1 aromatic carbocycles. The van der Waals surface area contributed by atoms with Crippen LogP contribution in [0.2, 0.25) is 0 Å². The van der Waals surface area contributed by atoms with Crippen LogP contribution in [0.4, 0.5) is 0 Å². The number of aryl methyl sites for hydroxylation is 2. The number of benzene rings is 1. The molecular formula is C16H24N2O2S. The zero-order valence-corrected chi connectivity index (χ0v) is 13.4. The molecule has 0 radical (unpaired) electrons. The highest BCUT2D eigenvalue weighted by Gasteiger charge is 2.11. The molecule has 0 aromatic heterocycles. The number of amides is 1. The minimum atomic E-state index is 0.0917. The van der Waals surface area contributed by atoms with Gasteiger partial charge in [0.2, 0.25) is 5.91 Å². The van der Waals surface area contributed by atoms with Gasteiger partial charge in [-0.15, -0.1) is 11.8 Å². The number of thioether (sulfide) groups is 1. The summed E-state index contributed by atoms with van der Waals surface area (Å²) in [6.45, 7) is 2.95. The standard InChI is InChI=1S/C16H24N2O2S/c1-20-10-9-17-7-8-18-16(19)12-21-15-6-5-13-3-2-4-14(13)11-15/h5-6,11,17H,2-4,7-10,12H2,1H3,(H,18,19). The lowest BCUT2D eigenvalue weighted by atomic mass is 10.1. The van der Waals surface area contributed by atoms with Crippen molar-refractivity contribution in [3.05, 3.63) is 29.3 Å². The summed E-state index contributed by atoms with van der Waals surface area (Å²) in [5, 5.41) is 6.12. The van der Waals surface area contributed by atoms with E-state index >= 15 is 0 Å². The summed E-state index contributed by atoms with van der Waals surface area (Å²) >= 11 is 1.61. The summed E-state index contributed by atoms with van der Waals surface area (Å²) in [5.41, 5.74) is 2.94. The van der Waals surface area contributed by atoms with E-state index in [0.29, 0.717) is 18.9 Å². The lowest BCUT2D eigenvalue weighted by Crippen LogP contribution is -2.33. The number of rotatable bonds is 9. The molecule has 116 valence electrons. The molecule has 0 aliphatic heterocycles. The molecule has 0 fully saturated rings. The quantitative estimate of drug-likeness (QED) is 0.538. The van der Waals surface area contributed by atoms with Gasteiger partial charge in [0.05, 0.1) is 12.4 Å². The lowest BCUT2D eigenvalue weighted by molar-refractivity contribution is -0.118. The van der Waals surface area contributed by atoms with Crippen LogP contribution in [0, 0.1) is 0 Å². The van der Waals surface area contributed by atoms with Crippen molar-refractivity contribution in [2.45, 2.75) is 24.2 Å². The second-order valence-corrected chi connectivity index (χ2v) is 6.21. The maximum atomic E-state index is 11.8. The third kappa shape index (κ3) is 5.69. The SMILES string of the molecule is COCCNCCNC(=O)CSc1ccc2c(c1)CCC2. The number of hydrogen-bond donors (Lipinski definition) is 2. The van der Waals surface area contributed by atoms with E-state index in [0.717, 1.165) is 13.1 Å². The van der Waals surface area contributed by atoms with E-state index in [1.807, 2.05) is 0 Å². The zero-order chi connectivity index (χ0) is 14.9. The maximum Gasteiger partial charge on any atom is 0.230 e. The second-order valence-electron chi connectivity index (χ2n) is 5.17. The van der Waals surface area contributed by atoms with E-state index in [-0.39, 0.29) is 5.91 Å².